The first kappa shape index (κ1) is 11.6. The third-order valence-corrected chi connectivity index (χ3v) is 3.52. The van der Waals surface area contributed by atoms with Crippen molar-refractivity contribution in [2.24, 2.45) is 0 Å². The van der Waals surface area contributed by atoms with Gasteiger partial charge >= 0.3 is 0 Å². The number of methoxy groups -OCH3 is 1. The van der Waals surface area contributed by atoms with E-state index in [0.717, 1.165) is 24.9 Å². The smallest absolute Gasteiger partial charge is 0.161 e. The van der Waals surface area contributed by atoms with Gasteiger partial charge in [-0.15, -0.1) is 0 Å². The Hall–Kier alpha value is -0.930. The quantitative estimate of drug-likeness (QED) is 0.850. The second kappa shape index (κ2) is 4.15. The van der Waals surface area contributed by atoms with Gasteiger partial charge in [0.1, 0.15) is 0 Å². The molecule has 0 aliphatic heterocycles. The maximum atomic E-state index is 9.77. The molecule has 0 saturated heterocycles. The average Bonchev–Trinajstić information content (AvgIpc) is 3.02. The van der Waals surface area contributed by atoms with Crippen molar-refractivity contribution >= 4 is 11.6 Å². The Kier molecular flexibility index (Phi) is 3.00. The minimum atomic E-state index is 0.107. The highest BCUT2D eigenvalue weighted by atomic mass is 35.5. The van der Waals surface area contributed by atoms with Crippen molar-refractivity contribution in [2.45, 2.75) is 18.3 Å². The van der Waals surface area contributed by atoms with Crippen LogP contribution in [0, 0.1) is 0 Å². The molecule has 1 aromatic carbocycles. The van der Waals surface area contributed by atoms with Crippen LogP contribution in [-0.4, -0.2) is 25.8 Å². The molecule has 0 atom stereocenters. The monoisotopic (exact) mass is 241 g/mol. The van der Waals surface area contributed by atoms with Crippen LogP contribution in [-0.2, 0) is 5.41 Å². The van der Waals surface area contributed by atoms with Crippen molar-refractivity contribution in [2.75, 3.05) is 20.7 Å². The Morgan fingerprint density at radius 2 is 2.19 bits per heavy atom. The van der Waals surface area contributed by atoms with E-state index in [-0.39, 0.29) is 11.2 Å². The summed E-state index contributed by atoms with van der Waals surface area (Å²) in [6.07, 6.45) is 2.22. The number of phenols is 1. The van der Waals surface area contributed by atoms with Gasteiger partial charge in [-0.2, -0.15) is 0 Å². The molecule has 0 amide bonds. The number of halogens is 1. The van der Waals surface area contributed by atoms with Crippen LogP contribution in [0.1, 0.15) is 18.4 Å². The zero-order chi connectivity index (χ0) is 11.8. The van der Waals surface area contributed by atoms with Gasteiger partial charge in [-0.05, 0) is 31.5 Å². The van der Waals surface area contributed by atoms with Gasteiger partial charge in [-0.25, -0.2) is 0 Å². The largest absolute Gasteiger partial charge is 0.504 e. The first-order valence-corrected chi connectivity index (χ1v) is 5.72. The van der Waals surface area contributed by atoms with E-state index < -0.39 is 0 Å². The molecule has 2 rings (SSSR count). The van der Waals surface area contributed by atoms with E-state index in [9.17, 15) is 5.11 Å². The Bertz CT molecular complexity index is 402. The zero-order valence-electron chi connectivity index (χ0n) is 9.51. The van der Waals surface area contributed by atoms with Crippen LogP contribution in [0.5, 0.6) is 11.5 Å². The Morgan fingerprint density at radius 1 is 1.50 bits per heavy atom. The number of phenolic OH excluding ortho intramolecular Hbond substituents is 1. The summed E-state index contributed by atoms with van der Waals surface area (Å²) in [6, 6.07) is 3.41. The molecule has 3 nitrogen and oxygen atoms in total. The van der Waals surface area contributed by atoms with E-state index in [0.29, 0.717) is 10.8 Å². The molecule has 0 spiro atoms. The molecule has 1 aliphatic rings. The van der Waals surface area contributed by atoms with Crippen molar-refractivity contribution in [3.05, 3.63) is 22.7 Å². The molecule has 2 N–H and O–H groups in total. The van der Waals surface area contributed by atoms with Crippen molar-refractivity contribution in [3.8, 4) is 11.5 Å². The SMILES string of the molecule is CNCC1(c2cc(O)c(OC)cc2Cl)CC1. The maximum Gasteiger partial charge on any atom is 0.161 e. The molecule has 0 radical (unpaired) electrons. The van der Waals surface area contributed by atoms with Crippen LogP contribution < -0.4 is 10.1 Å². The number of likely N-dealkylation sites (N-methyl/N-ethyl adjacent to an activating group) is 1. The Labute approximate surface area is 100 Å². The van der Waals surface area contributed by atoms with E-state index >= 15 is 0 Å². The van der Waals surface area contributed by atoms with Gasteiger partial charge in [0.15, 0.2) is 11.5 Å². The van der Waals surface area contributed by atoms with Crippen LogP contribution in [0.2, 0.25) is 5.02 Å². The molecule has 1 aromatic rings. The highest BCUT2D eigenvalue weighted by Crippen LogP contribution is 2.51. The van der Waals surface area contributed by atoms with Crippen LogP contribution in [0.4, 0.5) is 0 Å². The second-order valence-corrected chi connectivity index (χ2v) is 4.72. The van der Waals surface area contributed by atoms with E-state index in [2.05, 4.69) is 5.32 Å². The number of nitrogens with one attached hydrogen (secondary N) is 1. The van der Waals surface area contributed by atoms with Gasteiger partial charge in [0.05, 0.1) is 7.11 Å². The van der Waals surface area contributed by atoms with Gasteiger partial charge < -0.3 is 15.2 Å². The van der Waals surface area contributed by atoms with Gasteiger partial charge in [-0.1, -0.05) is 11.6 Å². The van der Waals surface area contributed by atoms with Crippen LogP contribution in [0.3, 0.4) is 0 Å². The molecule has 0 bridgehead atoms. The first-order chi connectivity index (χ1) is 7.63. The van der Waals surface area contributed by atoms with E-state index in [1.54, 1.807) is 12.1 Å². The summed E-state index contributed by atoms with van der Waals surface area (Å²) in [5, 5.41) is 13.6. The highest BCUT2D eigenvalue weighted by Gasteiger charge is 2.45. The van der Waals surface area contributed by atoms with Crippen molar-refractivity contribution < 1.29 is 9.84 Å². The maximum absolute atomic E-state index is 9.77. The summed E-state index contributed by atoms with van der Waals surface area (Å²) in [4.78, 5) is 0. The molecular weight excluding hydrogens is 226 g/mol. The predicted molar refractivity (Wildman–Crippen MR) is 64.5 cm³/mol. The molecule has 88 valence electrons. The topological polar surface area (TPSA) is 41.5 Å². The molecule has 1 saturated carbocycles. The fraction of sp³-hybridized carbons (Fsp3) is 0.500. The second-order valence-electron chi connectivity index (χ2n) is 4.31. The van der Waals surface area contributed by atoms with Crippen molar-refractivity contribution in [1.82, 2.24) is 5.32 Å². The van der Waals surface area contributed by atoms with Crippen molar-refractivity contribution in [3.63, 3.8) is 0 Å². The molecule has 4 heteroatoms. The lowest BCUT2D eigenvalue weighted by molar-refractivity contribution is 0.372. The summed E-state index contributed by atoms with van der Waals surface area (Å²) in [5.74, 6) is 0.582. The molecule has 1 fully saturated rings. The normalized spacial score (nSPS) is 17.2. The molecule has 0 unspecified atom stereocenters. The van der Waals surface area contributed by atoms with E-state index in [4.69, 9.17) is 16.3 Å². The fourth-order valence-electron chi connectivity index (χ4n) is 2.14. The number of aromatic hydroxyl groups is 1. The summed E-state index contributed by atoms with van der Waals surface area (Å²) >= 11 is 6.22. The van der Waals surface area contributed by atoms with Gasteiger partial charge in [0.2, 0.25) is 0 Å². The lowest BCUT2D eigenvalue weighted by Gasteiger charge is -2.18. The number of rotatable bonds is 4. The van der Waals surface area contributed by atoms with Crippen LogP contribution in [0.15, 0.2) is 12.1 Å². The van der Waals surface area contributed by atoms with E-state index in [1.807, 2.05) is 7.05 Å². The molecule has 0 heterocycles. The third kappa shape index (κ3) is 1.85. The zero-order valence-corrected chi connectivity index (χ0v) is 10.3. The highest BCUT2D eigenvalue weighted by molar-refractivity contribution is 6.31. The summed E-state index contributed by atoms with van der Waals surface area (Å²) in [5.41, 5.74) is 1.12. The molecular formula is C12H16ClNO2. The number of ether oxygens (including phenoxy) is 1. The fourth-order valence-corrected chi connectivity index (χ4v) is 2.50. The number of hydrogen-bond acceptors (Lipinski definition) is 3. The van der Waals surface area contributed by atoms with Gasteiger partial charge in [-0.3, -0.25) is 0 Å². The summed E-state index contributed by atoms with van der Waals surface area (Å²) in [6.45, 7) is 0.887. The molecule has 16 heavy (non-hydrogen) atoms. The number of hydrogen-bond donors (Lipinski definition) is 2. The summed E-state index contributed by atoms with van der Waals surface area (Å²) in [7, 11) is 3.45. The van der Waals surface area contributed by atoms with Gasteiger partial charge in [0, 0.05) is 23.0 Å². The standard InChI is InChI=1S/C12H16ClNO2/c1-14-7-12(3-4-12)8-5-10(15)11(16-2)6-9(8)13/h5-6,14-15H,3-4,7H2,1-2H3. The summed E-state index contributed by atoms with van der Waals surface area (Å²) < 4.78 is 5.02. The minimum absolute atomic E-state index is 0.107. The lowest BCUT2D eigenvalue weighted by Crippen LogP contribution is -2.23. The molecule has 1 aliphatic carbocycles. The van der Waals surface area contributed by atoms with E-state index in [1.165, 1.54) is 7.11 Å². The Balaban J connectivity index is 2.39. The van der Waals surface area contributed by atoms with Gasteiger partial charge in [0.25, 0.3) is 0 Å². The molecule has 0 aromatic heterocycles. The third-order valence-electron chi connectivity index (χ3n) is 3.21. The predicted octanol–water partition coefficient (Wildman–Crippen LogP) is 2.31. The minimum Gasteiger partial charge on any atom is -0.504 e. The van der Waals surface area contributed by atoms with Crippen LogP contribution >= 0.6 is 11.6 Å². The first-order valence-electron chi connectivity index (χ1n) is 5.34. The van der Waals surface area contributed by atoms with Crippen molar-refractivity contribution in [1.29, 1.82) is 0 Å². The van der Waals surface area contributed by atoms with Crippen LogP contribution in [0.25, 0.3) is 0 Å². The average molecular weight is 242 g/mol. The number of benzene rings is 1. The Morgan fingerprint density at radius 3 is 2.69 bits per heavy atom. The lowest BCUT2D eigenvalue weighted by atomic mass is 9.95.